The maximum absolute atomic E-state index is 14.0. The van der Waals surface area contributed by atoms with Crippen LogP contribution in [0.2, 0.25) is 0 Å². The summed E-state index contributed by atoms with van der Waals surface area (Å²) in [6.45, 7) is 7.93. The Morgan fingerprint density at radius 2 is 1.81 bits per heavy atom. The summed E-state index contributed by atoms with van der Waals surface area (Å²) in [6, 6.07) is 4.80. The van der Waals surface area contributed by atoms with Crippen LogP contribution in [0.5, 0.6) is 0 Å². The van der Waals surface area contributed by atoms with Crippen LogP contribution >= 0.6 is 0 Å². The van der Waals surface area contributed by atoms with E-state index in [9.17, 15) is 8.78 Å². The van der Waals surface area contributed by atoms with E-state index in [4.69, 9.17) is 0 Å². The molecule has 1 unspecified atom stereocenters. The zero-order valence-electron chi connectivity index (χ0n) is 13.6. The van der Waals surface area contributed by atoms with Crippen LogP contribution in [0.4, 0.5) is 8.78 Å². The lowest BCUT2D eigenvalue weighted by molar-refractivity contribution is 0.217. The second-order valence-electron chi connectivity index (χ2n) is 5.49. The van der Waals surface area contributed by atoms with Gasteiger partial charge in [-0.1, -0.05) is 32.9 Å². The van der Waals surface area contributed by atoms with Crippen molar-refractivity contribution in [2.24, 2.45) is 0 Å². The van der Waals surface area contributed by atoms with E-state index in [0.717, 1.165) is 38.4 Å². The van der Waals surface area contributed by atoms with E-state index in [1.165, 1.54) is 0 Å². The van der Waals surface area contributed by atoms with Gasteiger partial charge in [0.2, 0.25) is 0 Å². The number of rotatable bonds is 9. The Morgan fingerprint density at radius 3 is 2.38 bits per heavy atom. The molecular weight excluding hydrogens is 270 g/mol. The first-order chi connectivity index (χ1) is 10.0. The number of nitrogens with one attached hydrogen (secondary N) is 1. The smallest absolute Gasteiger partial charge is 0.163 e. The summed E-state index contributed by atoms with van der Waals surface area (Å²) in [5.74, 6) is -1.50. The van der Waals surface area contributed by atoms with Gasteiger partial charge in [-0.2, -0.15) is 0 Å². The van der Waals surface area contributed by atoms with E-state index in [2.05, 4.69) is 31.1 Å². The Hall–Kier alpha value is -1.00. The van der Waals surface area contributed by atoms with E-state index < -0.39 is 11.6 Å². The summed E-state index contributed by atoms with van der Waals surface area (Å²) in [6.07, 6.45) is 2.97. The normalized spacial score (nSPS) is 13.1. The number of nitrogens with zero attached hydrogens (tertiary/aromatic N) is 1. The van der Waals surface area contributed by atoms with Gasteiger partial charge in [0.25, 0.3) is 0 Å². The third-order valence-corrected chi connectivity index (χ3v) is 4.14. The fraction of sp³-hybridized carbons (Fsp3) is 0.647. The molecule has 0 heterocycles. The number of hydrogen-bond acceptors (Lipinski definition) is 2. The second-order valence-corrected chi connectivity index (χ2v) is 5.49. The molecule has 120 valence electrons. The van der Waals surface area contributed by atoms with Crippen molar-refractivity contribution < 1.29 is 8.78 Å². The lowest BCUT2D eigenvalue weighted by Gasteiger charge is -2.28. The molecule has 0 bridgehead atoms. The summed E-state index contributed by atoms with van der Waals surface area (Å²) in [5, 5.41) is 3.26. The standard InChI is InChI=1S/C17H28F2N2/c1-5-13(6-2)21(4)12-11-16(20-7-3)14-9-8-10-15(18)17(14)19/h8-10,13,16,20H,5-7,11-12H2,1-4H3. The molecule has 0 amide bonds. The molecule has 0 spiro atoms. The number of hydrogen-bond donors (Lipinski definition) is 1. The molecule has 0 fully saturated rings. The Labute approximate surface area is 127 Å². The lowest BCUT2D eigenvalue weighted by atomic mass is 10.0. The van der Waals surface area contributed by atoms with Gasteiger partial charge in [-0.05, 0) is 45.5 Å². The molecule has 4 heteroatoms. The molecule has 0 aromatic heterocycles. The Kier molecular flexibility index (Phi) is 7.83. The summed E-state index contributed by atoms with van der Waals surface area (Å²) >= 11 is 0. The zero-order chi connectivity index (χ0) is 15.8. The number of halogens is 2. The highest BCUT2D eigenvalue weighted by atomic mass is 19.2. The summed E-state index contributed by atoms with van der Waals surface area (Å²) < 4.78 is 27.4. The van der Waals surface area contributed by atoms with Crippen LogP contribution in [-0.2, 0) is 0 Å². The van der Waals surface area contributed by atoms with Gasteiger partial charge in [0, 0.05) is 17.6 Å². The minimum Gasteiger partial charge on any atom is -0.310 e. The first-order valence-corrected chi connectivity index (χ1v) is 7.92. The fourth-order valence-electron chi connectivity index (χ4n) is 2.83. The molecule has 1 aromatic carbocycles. The molecular formula is C17H28F2N2. The Morgan fingerprint density at radius 1 is 1.14 bits per heavy atom. The maximum Gasteiger partial charge on any atom is 0.163 e. The summed E-state index contributed by atoms with van der Waals surface area (Å²) in [4.78, 5) is 2.31. The molecule has 0 saturated heterocycles. The SMILES string of the molecule is CCNC(CCN(C)C(CC)CC)c1cccc(F)c1F. The van der Waals surface area contributed by atoms with Gasteiger partial charge in [0.1, 0.15) is 0 Å². The third kappa shape index (κ3) is 5.04. The molecule has 0 radical (unpaired) electrons. The largest absolute Gasteiger partial charge is 0.310 e. The summed E-state index contributed by atoms with van der Waals surface area (Å²) in [7, 11) is 2.10. The van der Waals surface area contributed by atoms with Gasteiger partial charge in [-0.3, -0.25) is 0 Å². The molecule has 1 rings (SSSR count). The molecule has 1 aromatic rings. The molecule has 21 heavy (non-hydrogen) atoms. The monoisotopic (exact) mass is 298 g/mol. The molecule has 1 N–H and O–H groups in total. The highest BCUT2D eigenvalue weighted by molar-refractivity contribution is 5.22. The molecule has 0 aliphatic carbocycles. The number of benzene rings is 1. The van der Waals surface area contributed by atoms with E-state index >= 15 is 0 Å². The van der Waals surface area contributed by atoms with Crippen LogP contribution in [0.3, 0.4) is 0 Å². The second kappa shape index (κ2) is 9.11. The average Bonchev–Trinajstić information content (AvgIpc) is 2.48. The summed E-state index contributed by atoms with van der Waals surface area (Å²) in [5.41, 5.74) is 0.426. The van der Waals surface area contributed by atoms with Gasteiger partial charge in [0.15, 0.2) is 11.6 Å². The Balaban J connectivity index is 2.76. The topological polar surface area (TPSA) is 15.3 Å². The molecule has 0 saturated carbocycles. The van der Waals surface area contributed by atoms with Crippen molar-refractivity contribution in [1.82, 2.24) is 10.2 Å². The molecule has 0 aliphatic heterocycles. The van der Waals surface area contributed by atoms with E-state index in [0.29, 0.717) is 11.6 Å². The van der Waals surface area contributed by atoms with Crippen molar-refractivity contribution in [3.63, 3.8) is 0 Å². The van der Waals surface area contributed by atoms with Gasteiger partial charge >= 0.3 is 0 Å². The van der Waals surface area contributed by atoms with Gasteiger partial charge in [0.05, 0.1) is 0 Å². The minimum atomic E-state index is -0.774. The average molecular weight is 298 g/mol. The van der Waals surface area contributed by atoms with Crippen LogP contribution in [0.25, 0.3) is 0 Å². The predicted octanol–water partition coefficient (Wildman–Crippen LogP) is 4.13. The van der Waals surface area contributed by atoms with E-state index in [1.807, 2.05) is 6.92 Å². The van der Waals surface area contributed by atoms with Crippen LogP contribution in [-0.4, -0.2) is 31.1 Å². The molecule has 0 aliphatic rings. The molecule has 1 atom stereocenters. The minimum absolute atomic E-state index is 0.150. The van der Waals surface area contributed by atoms with Crippen molar-refractivity contribution in [2.45, 2.75) is 52.1 Å². The lowest BCUT2D eigenvalue weighted by Crippen LogP contribution is -2.34. The van der Waals surface area contributed by atoms with E-state index in [1.54, 1.807) is 12.1 Å². The van der Waals surface area contributed by atoms with Crippen LogP contribution in [0, 0.1) is 11.6 Å². The van der Waals surface area contributed by atoms with Gasteiger partial charge in [-0.15, -0.1) is 0 Å². The first kappa shape index (κ1) is 18.1. The van der Waals surface area contributed by atoms with Gasteiger partial charge < -0.3 is 10.2 Å². The van der Waals surface area contributed by atoms with Crippen LogP contribution in [0.1, 0.15) is 51.6 Å². The van der Waals surface area contributed by atoms with Crippen molar-refractivity contribution >= 4 is 0 Å². The third-order valence-electron chi connectivity index (χ3n) is 4.14. The fourth-order valence-corrected chi connectivity index (χ4v) is 2.83. The van der Waals surface area contributed by atoms with E-state index in [-0.39, 0.29) is 6.04 Å². The first-order valence-electron chi connectivity index (χ1n) is 7.92. The van der Waals surface area contributed by atoms with Crippen molar-refractivity contribution in [3.8, 4) is 0 Å². The quantitative estimate of drug-likeness (QED) is 0.737. The highest BCUT2D eigenvalue weighted by Gasteiger charge is 2.19. The Bertz CT molecular complexity index is 419. The van der Waals surface area contributed by atoms with Crippen molar-refractivity contribution in [1.29, 1.82) is 0 Å². The maximum atomic E-state index is 14.0. The highest BCUT2D eigenvalue weighted by Crippen LogP contribution is 2.23. The molecule has 2 nitrogen and oxygen atoms in total. The van der Waals surface area contributed by atoms with Crippen LogP contribution in [0.15, 0.2) is 18.2 Å². The predicted molar refractivity (Wildman–Crippen MR) is 84.4 cm³/mol. The van der Waals surface area contributed by atoms with Crippen molar-refractivity contribution in [3.05, 3.63) is 35.4 Å². The van der Waals surface area contributed by atoms with Crippen LogP contribution < -0.4 is 5.32 Å². The van der Waals surface area contributed by atoms with Crippen molar-refractivity contribution in [2.75, 3.05) is 20.1 Å². The zero-order valence-corrected chi connectivity index (χ0v) is 13.6. The van der Waals surface area contributed by atoms with Gasteiger partial charge in [-0.25, -0.2) is 8.78 Å².